The first-order valence-electron chi connectivity index (χ1n) is 8.36. The van der Waals surface area contributed by atoms with Gasteiger partial charge in [-0.3, -0.25) is 9.88 Å². The van der Waals surface area contributed by atoms with E-state index in [0.717, 1.165) is 6.54 Å². The van der Waals surface area contributed by atoms with Crippen LogP contribution in [-0.2, 0) is 5.41 Å². The Labute approximate surface area is 139 Å². The first kappa shape index (κ1) is 16.2. The Morgan fingerprint density at radius 1 is 1.22 bits per heavy atom. The number of nitrogens with two attached hydrogens (primary N) is 1. The van der Waals surface area contributed by atoms with Crippen LogP contribution in [0.2, 0.25) is 0 Å². The first-order chi connectivity index (χ1) is 10.9. The van der Waals surface area contributed by atoms with E-state index >= 15 is 0 Å². The molecule has 1 aromatic heterocycles. The molecule has 122 valence electrons. The summed E-state index contributed by atoms with van der Waals surface area (Å²) in [7, 11) is 2.17. The standard InChI is InChI=1S/C20H27N3/c1-20(2,3)15-7-8-16-17(10-15)19(11-21)23(4)13-18(16)14-6-5-9-22-12-14/h5-10,12,18-19H,11,13,21H2,1-4H3. The molecule has 0 saturated heterocycles. The lowest BCUT2D eigenvalue weighted by atomic mass is 9.78. The molecule has 0 amide bonds. The Bertz CT molecular complexity index is 673. The van der Waals surface area contributed by atoms with Crippen LogP contribution in [0.5, 0.6) is 0 Å². The minimum atomic E-state index is 0.147. The maximum atomic E-state index is 6.10. The third-order valence-electron chi connectivity index (χ3n) is 5.00. The van der Waals surface area contributed by atoms with Crippen LogP contribution in [0.15, 0.2) is 42.7 Å². The molecule has 1 aromatic carbocycles. The van der Waals surface area contributed by atoms with Gasteiger partial charge in [0.25, 0.3) is 0 Å². The molecule has 3 heteroatoms. The molecule has 2 heterocycles. The van der Waals surface area contributed by atoms with E-state index in [1.807, 2.05) is 18.5 Å². The molecule has 0 bridgehead atoms. The van der Waals surface area contributed by atoms with Crippen molar-refractivity contribution in [2.45, 2.75) is 38.1 Å². The average molecular weight is 309 g/mol. The van der Waals surface area contributed by atoms with Crippen LogP contribution in [0.3, 0.4) is 0 Å². The summed E-state index contributed by atoms with van der Waals surface area (Å²) in [5.74, 6) is 0.362. The zero-order valence-electron chi connectivity index (χ0n) is 14.6. The third kappa shape index (κ3) is 3.04. The van der Waals surface area contributed by atoms with Crippen molar-refractivity contribution in [3.05, 3.63) is 65.0 Å². The summed E-state index contributed by atoms with van der Waals surface area (Å²) >= 11 is 0. The average Bonchev–Trinajstić information content (AvgIpc) is 2.53. The smallest absolute Gasteiger partial charge is 0.0470 e. The number of pyridine rings is 1. The summed E-state index contributed by atoms with van der Waals surface area (Å²) in [5, 5.41) is 0. The normalized spacial score (nSPS) is 22.0. The molecule has 2 unspecified atom stereocenters. The van der Waals surface area contributed by atoms with Crippen molar-refractivity contribution in [1.82, 2.24) is 9.88 Å². The van der Waals surface area contributed by atoms with Crippen molar-refractivity contribution in [1.29, 1.82) is 0 Å². The van der Waals surface area contributed by atoms with Crippen molar-refractivity contribution < 1.29 is 0 Å². The fourth-order valence-electron chi connectivity index (χ4n) is 3.57. The van der Waals surface area contributed by atoms with E-state index in [1.165, 1.54) is 22.3 Å². The Balaban J connectivity index is 2.13. The zero-order valence-corrected chi connectivity index (χ0v) is 14.6. The highest BCUT2D eigenvalue weighted by molar-refractivity contribution is 5.45. The highest BCUT2D eigenvalue weighted by Crippen LogP contribution is 2.40. The number of benzene rings is 1. The highest BCUT2D eigenvalue weighted by Gasteiger charge is 2.32. The van der Waals surface area contributed by atoms with Gasteiger partial charge in [-0.2, -0.15) is 0 Å². The largest absolute Gasteiger partial charge is 0.329 e. The van der Waals surface area contributed by atoms with Crippen LogP contribution in [0.4, 0.5) is 0 Å². The fraction of sp³-hybridized carbons (Fsp3) is 0.450. The molecule has 0 saturated carbocycles. The molecule has 2 atom stereocenters. The van der Waals surface area contributed by atoms with E-state index < -0.39 is 0 Å². The van der Waals surface area contributed by atoms with E-state index in [4.69, 9.17) is 5.73 Å². The van der Waals surface area contributed by atoms with Gasteiger partial charge in [0.05, 0.1) is 0 Å². The molecular formula is C20H27N3. The predicted octanol–water partition coefficient (Wildman–Crippen LogP) is 3.46. The quantitative estimate of drug-likeness (QED) is 0.924. The van der Waals surface area contributed by atoms with Crippen molar-refractivity contribution in [3.63, 3.8) is 0 Å². The molecule has 0 aliphatic carbocycles. The van der Waals surface area contributed by atoms with Gasteiger partial charge in [0, 0.05) is 37.4 Å². The molecule has 0 spiro atoms. The molecule has 2 N–H and O–H groups in total. The Morgan fingerprint density at radius 2 is 2.00 bits per heavy atom. The lowest BCUT2D eigenvalue weighted by Crippen LogP contribution is -2.39. The summed E-state index contributed by atoms with van der Waals surface area (Å²) in [6, 6.07) is 11.4. The summed E-state index contributed by atoms with van der Waals surface area (Å²) in [6.07, 6.45) is 3.82. The molecule has 3 nitrogen and oxygen atoms in total. The number of aromatic nitrogens is 1. The summed E-state index contributed by atoms with van der Waals surface area (Å²) in [5.41, 5.74) is 11.7. The maximum Gasteiger partial charge on any atom is 0.0470 e. The van der Waals surface area contributed by atoms with Gasteiger partial charge >= 0.3 is 0 Å². The summed E-state index contributed by atoms with van der Waals surface area (Å²) in [6.45, 7) is 8.41. The lowest BCUT2D eigenvalue weighted by molar-refractivity contribution is 0.223. The van der Waals surface area contributed by atoms with Gasteiger partial charge < -0.3 is 5.73 Å². The Morgan fingerprint density at radius 3 is 2.61 bits per heavy atom. The summed E-state index contributed by atoms with van der Waals surface area (Å²) < 4.78 is 0. The van der Waals surface area contributed by atoms with E-state index in [1.54, 1.807) is 0 Å². The third-order valence-corrected chi connectivity index (χ3v) is 5.00. The Kier molecular flexibility index (Phi) is 4.26. The van der Waals surface area contributed by atoms with Gasteiger partial charge in [-0.25, -0.2) is 0 Å². The molecule has 0 fully saturated rings. The number of fused-ring (bicyclic) bond motifs is 1. The molecule has 23 heavy (non-hydrogen) atoms. The fourth-order valence-corrected chi connectivity index (χ4v) is 3.57. The highest BCUT2D eigenvalue weighted by atomic mass is 15.1. The molecule has 3 rings (SSSR count). The van der Waals surface area contributed by atoms with Crippen molar-refractivity contribution >= 4 is 0 Å². The summed E-state index contributed by atoms with van der Waals surface area (Å²) in [4.78, 5) is 6.69. The van der Waals surface area contributed by atoms with Crippen molar-refractivity contribution in [2.24, 2.45) is 5.73 Å². The van der Waals surface area contributed by atoms with Crippen LogP contribution in [0, 0.1) is 0 Å². The first-order valence-corrected chi connectivity index (χ1v) is 8.36. The number of likely N-dealkylation sites (N-methyl/N-ethyl adjacent to an activating group) is 1. The Hall–Kier alpha value is -1.71. The molecular weight excluding hydrogens is 282 g/mol. The van der Waals surface area contributed by atoms with Gasteiger partial charge in [0.15, 0.2) is 0 Å². The van der Waals surface area contributed by atoms with E-state index in [9.17, 15) is 0 Å². The lowest BCUT2D eigenvalue weighted by Gasteiger charge is -2.39. The number of hydrogen-bond donors (Lipinski definition) is 1. The van der Waals surface area contributed by atoms with E-state index in [-0.39, 0.29) is 5.41 Å². The predicted molar refractivity (Wildman–Crippen MR) is 95.6 cm³/mol. The minimum Gasteiger partial charge on any atom is -0.329 e. The van der Waals surface area contributed by atoms with Gasteiger partial charge in [-0.1, -0.05) is 45.0 Å². The van der Waals surface area contributed by atoms with Crippen LogP contribution < -0.4 is 5.73 Å². The van der Waals surface area contributed by atoms with E-state index in [2.05, 4.69) is 62.0 Å². The van der Waals surface area contributed by atoms with Crippen molar-refractivity contribution in [3.8, 4) is 0 Å². The number of nitrogens with zero attached hydrogens (tertiary/aromatic N) is 2. The van der Waals surface area contributed by atoms with Crippen LogP contribution in [0.1, 0.15) is 55.0 Å². The monoisotopic (exact) mass is 309 g/mol. The SMILES string of the molecule is CN1CC(c2cccnc2)c2ccc(C(C)(C)C)cc2C1CN. The minimum absolute atomic E-state index is 0.147. The van der Waals surface area contributed by atoms with E-state index in [0.29, 0.717) is 18.5 Å². The van der Waals surface area contributed by atoms with Crippen molar-refractivity contribution in [2.75, 3.05) is 20.1 Å². The zero-order chi connectivity index (χ0) is 16.6. The second kappa shape index (κ2) is 6.06. The molecule has 1 aliphatic rings. The van der Waals surface area contributed by atoms with Crippen LogP contribution in [-0.4, -0.2) is 30.0 Å². The van der Waals surface area contributed by atoms with Gasteiger partial charge in [0.1, 0.15) is 0 Å². The second-order valence-electron chi connectivity index (χ2n) is 7.62. The number of rotatable bonds is 2. The van der Waals surface area contributed by atoms with Gasteiger partial charge in [-0.05, 0) is 40.8 Å². The molecule has 2 aromatic rings. The maximum absolute atomic E-state index is 6.10. The van der Waals surface area contributed by atoms with Gasteiger partial charge in [-0.15, -0.1) is 0 Å². The van der Waals surface area contributed by atoms with Crippen LogP contribution in [0.25, 0.3) is 0 Å². The van der Waals surface area contributed by atoms with Crippen LogP contribution >= 0.6 is 0 Å². The molecule has 0 radical (unpaired) electrons. The van der Waals surface area contributed by atoms with Gasteiger partial charge in [0.2, 0.25) is 0 Å². The molecule has 1 aliphatic heterocycles. The second-order valence-corrected chi connectivity index (χ2v) is 7.62. The number of hydrogen-bond acceptors (Lipinski definition) is 3. The topological polar surface area (TPSA) is 42.2 Å².